The minimum atomic E-state index is -0.928. The van der Waals surface area contributed by atoms with E-state index in [4.69, 9.17) is 5.11 Å². The molecule has 0 bridgehead atoms. The summed E-state index contributed by atoms with van der Waals surface area (Å²) in [7, 11) is 0. The Hall–Kier alpha value is -2.14. The Kier molecular flexibility index (Phi) is 4.24. The predicted molar refractivity (Wildman–Crippen MR) is 85.0 cm³/mol. The lowest BCUT2D eigenvalue weighted by Gasteiger charge is -2.16. The Labute approximate surface area is 132 Å². The Morgan fingerprint density at radius 2 is 1.91 bits per heavy atom. The number of carbonyl (C=O) groups is 2. The van der Waals surface area contributed by atoms with E-state index in [0.717, 1.165) is 23.3 Å². The number of carbonyl (C=O) groups excluding carboxylic acids is 1. The summed E-state index contributed by atoms with van der Waals surface area (Å²) in [5.74, 6) is -0.567. The average molecular weight is 315 g/mol. The van der Waals surface area contributed by atoms with Crippen molar-refractivity contribution in [2.75, 3.05) is 0 Å². The number of hydrogen-bond acceptors (Lipinski definition) is 3. The third-order valence-electron chi connectivity index (χ3n) is 3.84. The van der Waals surface area contributed by atoms with Crippen molar-refractivity contribution in [2.24, 2.45) is 5.92 Å². The van der Waals surface area contributed by atoms with Crippen LogP contribution in [0.25, 0.3) is 0 Å². The molecular weight excluding hydrogens is 298 g/mol. The quantitative estimate of drug-likeness (QED) is 0.860. The van der Waals surface area contributed by atoms with Crippen molar-refractivity contribution in [3.05, 3.63) is 57.8 Å². The summed E-state index contributed by atoms with van der Waals surface area (Å²) in [5, 5.41) is 11.9. The molecule has 2 aromatic rings. The highest BCUT2D eigenvalue weighted by Crippen LogP contribution is 2.42. The van der Waals surface area contributed by atoms with E-state index in [1.807, 2.05) is 30.3 Å². The molecule has 22 heavy (non-hydrogen) atoms. The van der Waals surface area contributed by atoms with Gasteiger partial charge in [-0.05, 0) is 36.5 Å². The van der Waals surface area contributed by atoms with Gasteiger partial charge >= 0.3 is 5.97 Å². The van der Waals surface area contributed by atoms with Crippen LogP contribution in [-0.4, -0.2) is 17.0 Å². The fraction of sp³-hybridized carbons (Fsp3) is 0.294. The van der Waals surface area contributed by atoms with E-state index in [9.17, 15) is 9.59 Å². The number of amides is 1. The molecule has 0 aliphatic heterocycles. The monoisotopic (exact) mass is 315 g/mol. The summed E-state index contributed by atoms with van der Waals surface area (Å²) in [5.41, 5.74) is 1.06. The Morgan fingerprint density at radius 3 is 2.50 bits per heavy atom. The van der Waals surface area contributed by atoms with Crippen LogP contribution in [0.4, 0.5) is 0 Å². The maximum absolute atomic E-state index is 12.5. The first-order valence-corrected chi connectivity index (χ1v) is 8.11. The van der Waals surface area contributed by atoms with Crippen molar-refractivity contribution in [1.82, 2.24) is 5.32 Å². The molecule has 1 aliphatic rings. The van der Waals surface area contributed by atoms with Gasteiger partial charge in [-0.15, -0.1) is 11.3 Å². The van der Waals surface area contributed by atoms with Gasteiger partial charge in [0, 0.05) is 4.88 Å². The fourth-order valence-electron chi connectivity index (χ4n) is 2.60. The second-order valence-electron chi connectivity index (χ2n) is 5.51. The molecule has 0 radical (unpaired) electrons. The van der Waals surface area contributed by atoms with Crippen LogP contribution in [0.3, 0.4) is 0 Å². The Balaban J connectivity index is 1.65. The Morgan fingerprint density at radius 1 is 1.18 bits per heavy atom. The highest BCUT2D eigenvalue weighted by molar-refractivity contribution is 7.13. The second-order valence-corrected chi connectivity index (χ2v) is 6.68. The molecular formula is C17H17NO3S. The minimum absolute atomic E-state index is 0.0268. The summed E-state index contributed by atoms with van der Waals surface area (Å²) in [6.07, 6.45) is 2.18. The number of hydrogen-bond donors (Lipinski definition) is 2. The highest BCUT2D eigenvalue weighted by atomic mass is 32.1. The van der Waals surface area contributed by atoms with Crippen LogP contribution >= 0.6 is 11.3 Å². The molecule has 1 aliphatic carbocycles. The van der Waals surface area contributed by atoms with Crippen molar-refractivity contribution < 1.29 is 14.7 Å². The number of benzene rings is 1. The SMILES string of the molecule is O=C(O)c1ccc(CNC(=O)C(c2ccccc2)C2CC2)s1. The van der Waals surface area contributed by atoms with Crippen molar-refractivity contribution in [3.63, 3.8) is 0 Å². The van der Waals surface area contributed by atoms with Crippen LogP contribution in [-0.2, 0) is 11.3 Å². The van der Waals surface area contributed by atoms with Gasteiger partial charge in [-0.2, -0.15) is 0 Å². The molecule has 1 aromatic heterocycles. The first-order chi connectivity index (χ1) is 10.6. The zero-order chi connectivity index (χ0) is 15.5. The number of thiophene rings is 1. The number of carboxylic acids is 1. The third kappa shape index (κ3) is 3.36. The van der Waals surface area contributed by atoms with Crippen LogP contribution in [0.15, 0.2) is 42.5 Å². The Bertz CT molecular complexity index is 676. The fourth-order valence-corrected chi connectivity index (χ4v) is 3.39. The van der Waals surface area contributed by atoms with Gasteiger partial charge in [0.15, 0.2) is 0 Å². The van der Waals surface area contributed by atoms with Crippen molar-refractivity contribution in [1.29, 1.82) is 0 Å². The summed E-state index contributed by atoms with van der Waals surface area (Å²) in [6.45, 7) is 0.382. The van der Waals surface area contributed by atoms with Gasteiger partial charge in [0.05, 0.1) is 12.5 Å². The van der Waals surface area contributed by atoms with E-state index in [0.29, 0.717) is 17.3 Å². The summed E-state index contributed by atoms with van der Waals surface area (Å²) >= 11 is 1.20. The van der Waals surface area contributed by atoms with Gasteiger partial charge in [0.1, 0.15) is 4.88 Å². The summed E-state index contributed by atoms with van der Waals surface area (Å²) in [6, 6.07) is 13.2. The van der Waals surface area contributed by atoms with Gasteiger partial charge in [0.25, 0.3) is 0 Å². The lowest BCUT2D eigenvalue weighted by molar-refractivity contribution is -0.123. The molecule has 1 heterocycles. The van der Waals surface area contributed by atoms with Gasteiger partial charge in [-0.3, -0.25) is 4.79 Å². The summed E-state index contributed by atoms with van der Waals surface area (Å²) < 4.78 is 0. The van der Waals surface area contributed by atoms with E-state index in [2.05, 4.69) is 5.32 Å². The van der Waals surface area contributed by atoms with Crippen LogP contribution in [0.2, 0.25) is 0 Å². The van der Waals surface area contributed by atoms with Crippen molar-refractivity contribution in [3.8, 4) is 0 Å². The molecule has 1 unspecified atom stereocenters. The maximum Gasteiger partial charge on any atom is 0.345 e. The number of carboxylic acid groups (broad SMARTS) is 1. The topological polar surface area (TPSA) is 66.4 Å². The smallest absolute Gasteiger partial charge is 0.345 e. The minimum Gasteiger partial charge on any atom is -0.477 e. The zero-order valence-electron chi connectivity index (χ0n) is 12.0. The van der Waals surface area contributed by atoms with Gasteiger partial charge in [0.2, 0.25) is 5.91 Å². The molecule has 1 saturated carbocycles. The molecule has 1 aromatic carbocycles. The summed E-state index contributed by atoms with van der Waals surface area (Å²) in [4.78, 5) is 24.5. The maximum atomic E-state index is 12.5. The molecule has 1 fully saturated rings. The first kappa shape index (κ1) is 14.8. The molecule has 0 saturated heterocycles. The molecule has 4 nitrogen and oxygen atoms in total. The number of aromatic carboxylic acids is 1. The molecule has 1 atom stereocenters. The normalized spacial score (nSPS) is 15.3. The second kappa shape index (κ2) is 6.32. The predicted octanol–water partition coefficient (Wildman–Crippen LogP) is 3.26. The number of nitrogens with one attached hydrogen (secondary N) is 1. The number of rotatable bonds is 6. The lowest BCUT2D eigenvalue weighted by Crippen LogP contribution is -2.29. The standard InChI is InChI=1S/C17H17NO3S/c19-16(18-10-13-8-9-14(22-13)17(20)21)15(12-6-7-12)11-4-2-1-3-5-11/h1-5,8-9,12,15H,6-7,10H2,(H,18,19)(H,20,21). The average Bonchev–Trinajstić information content (AvgIpc) is 3.22. The van der Waals surface area contributed by atoms with E-state index in [1.165, 1.54) is 11.3 Å². The highest BCUT2D eigenvalue weighted by Gasteiger charge is 2.37. The largest absolute Gasteiger partial charge is 0.477 e. The van der Waals surface area contributed by atoms with E-state index in [1.54, 1.807) is 12.1 Å². The van der Waals surface area contributed by atoms with Crippen LogP contribution < -0.4 is 5.32 Å². The lowest BCUT2D eigenvalue weighted by atomic mass is 9.93. The first-order valence-electron chi connectivity index (χ1n) is 7.30. The molecule has 114 valence electrons. The van der Waals surface area contributed by atoms with E-state index < -0.39 is 5.97 Å². The molecule has 5 heteroatoms. The molecule has 0 spiro atoms. The van der Waals surface area contributed by atoms with Crippen molar-refractivity contribution in [2.45, 2.75) is 25.3 Å². The van der Waals surface area contributed by atoms with Gasteiger partial charge in [-0.1, -0.05) is 30.3 Å². The van der Waals surface area contributed by atoms with Crippen molar-refractivity contribution >= 4 is 23.2 Å². The van der Waals surface area contributed by atoms with Gasteiger partial charge < -0.3 is 10.4 Å². The van der Waals surface area contributed by atoms with Gasteiger partial charge in [-0.25, -0.2) is 4.79 Å². The zero-order valence-corrected chi connectivity index (χ0v) is 12.8. The molecule has 3 rings (SSSR count). The molecule has 1 amide bonds. The van der Waals surface area contributed by atoms with Crippen LogP contribution in [0.5, 0.6) is 0 Å². The van der Waals surface area contributed by atoms with Crippen LogP contribution in [0, 0.1) is 5.92 Å². The molecule has 2 N–H and O–H groups in total. The third-order valence-corrected chi connectivity index (χ3v) is 4.92. The van der Waals surface area contributed by atoms with E-state index >= 15 is 0 Å². The van der Waals surface area contributed by atoms with Crippen LogP contribution in [0.1, 0.15) is 38.9 Å². The van der Waals surface area contributed by atoms with E-state index in [-0.39, 0.29) is 11.8 Å².